The van der Waals surface area contributed by atoms with Gasteiger partial charge in [0, 0.05) is 24.6 Å². The van der Waals surface area contributed by atoms with Crippen molar-refractivity contribution in [2.45, 2.75) is 37.8 Å². The first kappa shape index (κ1) is 15.6. The van der Waals surface area contributed by atoms with Crippen molar-refractivity contribution in [3.8, 4) is 0 Å². The van der Waals surface area contributed by atoms with Gasteiger partial charge < -0.3 is 20.1 Å². The third kappa shape index (κ3) is 3.03. The molecule has 2 aromatic heterocycles. The molecule has 0 unspecified atom stereocenters. The van der Waals surface area contributed by atoms with Gasteiger partial charge in [-0.25, -0.2) is 4.98 Å². The number of carbonyl (C=O) groups is 1. The van der Waals surface area contributed by atoms with Gasteiger partial charge in [-0.15, -0.1) is 0 Å². The molecule has 2 aromatic rings. The summed E-state index contributed by atoms with van der Waals surface area (Å²) in [4.78, 5) is 17.0. The number of aromatic nitrogens is 2. The molecular weight excluding hydrogens is 304 g/mol. The Bertz CT molecular complexity index is 717. The van der Waals surface area contributed by atoms with Crippen LogP contribution in [0.2, 0.25) is 0 Å². The molecule has 1 amide bonds. The van der Waals surface area contributed by atoms with Gasteiger partial charge in [0.2, 0.25) is 0 Å². The van der Waals surface area contributed by atoms with Crippen LogP contribution < -0.4 is 10.6 Å². The smallest absolute Gasteiger partial charge is 0.253 e. The first-order chi connectivity index (χ1) is 11.7. The van der Waals surface area contributed by atoms with Crippen LogP contribution in [0.5, 0.6) is 0 Å². The van der Waals surface area contributed by atoms with Gasteiger partial charge in [0.1, 0.15) is 5.65 Å². The molecule has 24 heavy (non-hydrogen) atoms. The van der Waals surface area contributed by atoms with Crippen LogP contribution in [0.15, 0.2) is 30.7 Å². The maximum atomic E-state index is 12.8. The van der Waals surface area contributed by atoms with Crippen LogP contribution in [0.1, 0.15) is 36.0 Å². The van der Waals surface area contributed by atoms with Crippen molar-refractivity contribution in [1.29, 1.82) is 0 Å². The van der Waals surface area contributed by atoms with E-state index in [-0.39, 0.29) is 18.1 Å². The molecule has 3 heterocycles. The number of hydrogen-bond acceptors (Lipinski definition) is 4. The van der Waals surface area contributed by atoms with Crippen LogP contribution in [0.3, 0.4) is 0 Å². The molecule has 6 heteroatoms. The standard InChI is InChI=1S/C18H24N4O2/c23-15-9-14(10-15)17(12-3-5-19-6-4-12)21-18(24)13-1-2-16-20-7-8-22(16)11-13/h1-2,7-8,11-12,14-15,17,19,23H,3-6,9-10H2,(H,21,24)/t14?,15?,17-/m0/s1. The summed E-state index contributed by atoms with van der Waals surface area (Å²) in [5.74, 6) is 0.851. The highest BCUT2D eigenvalue weighted by molar-refractivity contribution is 5.94. The summed E-state index contributed by atoms with van der Waals surface area (Å²) in [6, 6.07) is 3.84. The summed E-state index contributed by atoms with van der Waals surface area (Å²) in [5, 5.41) is 16.3. The van der Waals surface area contributed by atoms with E-state index < -0.39 is 0 Å². The Kier molecular flexibility index (Phi) is 4.24. The van der Waals surface area contributed by atoms with Crippen LogP contribution in [-0.2, 0) is 0 Å². The molecule has 4 rings (SSSR count). The Balaban J connectivity index is 1.51. The molecular formula is C18H24N4O2. The van der Waals surface area contributed by atoms with E-state index in [0.717, 1.165) is 44.4 Å². The lowest BCUT2D eigenvalue weighted by Gasteiger charge is -2.43. The molecule has 0 radical (unpaired) electrons. The van der Waals surface area contributed by atoms with Crippen LogP contribution in [0.25, 0.3) is 5.65 Å². The third-order valence-corrected chi connectivity index (χ3v) is 5.50. The number of hydrogen-bond donors (Lipinski definition) is 3. The topological polar surface area (TPSA) is 78.7 Å². The second-order valence-corrected chi connectivity index (χ2v) is 7.08. The zero-order valence-corrected chi connectivity index (χ0v) is 13.7. The third-order valence-electron chi connectivity index (χ3n) is 5.50. The Hall–Kier alpha value is -1.92. The van der Waals surface area contributed by atoms with E-state index in [9.17, 15) is 9.90 Å². The van der Waals surface area contributed by atoms with Crippen molar-refractivity contribution in [2.75, 3.05) is 13.1 Å². The van der Waals surface area contributed by atoms with E-state index in [1.807, 2.05) is 28.9 Å². The lowest BCUT2D eigenvalue weighted by molar-refractivity contribution is 0.00918. The van der Waals surface area contributed by atoms with Crippen LogP contribution >= 0.6 is 0 Å². The number of nitrogens with one attached hydrogen (secondary N) is 2. The Morgan fingerprint density at radius 3 is 2.83 bits per heavy atom. The molecule has 1 aliphatic carbocycles. The molecule has 2 fully saturated rings. The molecule has 6 nitrogen and oxygen atoms in total. The minimum atomic E-state index is -0.196. The zero-order chi connectivity index (χ0) is 16.5. The molecule has 0 spiro atoms. The van der Waals surface area contributed by atoms with Gasteiger partial charge in [-0.2, -0.15) is 0 Å². The summed E-state index contributed by atoms with van der Waals surface area (Å²) < 4.78 is 1.86. The largest absolute Gasteiger partial charge is 0.393 e. The second-order valence-electron chi connectivity index (χ2n) is 7.08. The van der Waals surface area contributed by atoms with E-state index in [4.69, 9.17) is 0 Å². The normalized spacial score (nSPS) is 26.0. The molecule has 2 aliphatic rings. The summed E-state index contributed by atoms with van der Waals surface area (Å²) in [6.07, 6.45) is 8.97. The SMILES string of the molecule is O=C(N[C@@H](C1CCNCC1)C1CC(O)C1)c1ccc2nccn2c1. The lowest BCUT2D eigenvalue weighted by Crippen LogP contribution is -2.52. The Morgan fingerprint density at radius 1 is 1.29 bits per heavy atom. The van der Waals surface area contributed by atoms with Crippen molar-refractivity contribution >= 4 is 11.6 Å². The fourth-order valence-electron chi connectivity index (χ4n) is 4.04. The fourth-order valence-corrected chi connectivity index (χ4v) is 4.04. The van der Waals surface area contributed by atoms with Gasteiger partial charge in [-0.1, -0.05) is 0 Å². The molecule has 1 saturated carbocycles. The van der Waals surface area contributed by atoms with Crippen molar-refractivity contribution in [1.82, 2.24) is 20.0 Å². The monoisotopic (exact) mass is 328 g/mol. The van der Waals surface area contributed by atoms with Crippen molar-refractivity contribution in [2.24, 2.45) is 11.8 Å². The van der Waals surface area contributed by atoms with E-state index >= 15 is 0 Å². The number of amides is 1. The number of aliphatic hydroxyl groups is 1. The number of imidazole rings is 1. The van der Waals surface area contributed by atoms with Crippen molar-refractivity contribution < 1.29 is 9.90 Å². The predicted molar refractivity (Wildman–Crippen MR) is 90.8 cm³/mol. The van der Waals surface area contributed by atoms with Gasteiger partial charge in [0.05, 0.1) is 11.7 Å². The highest BCUT2D eigenvalue weighted by atomic mass is 16.3. The van der Waals surface area contributed by atoms with Gasteiger partial charge in [0.15, 0.2) is 0 Å². The van der Waals surface area contributed by atoms with Crippen molar-refractivity contribution in [3.05, 3.63) is 36.3 Å². The summed E-state index contributed by atoms with van der Waals surface area (Å²) in [7, 11) is 0. The molecule has 1 saturated heterocycles. The number of aliphatic hydroxyl groups excluding tert-OH is 1. The zero-order valence-electron chi connectivity index (χ0n) is 13.7. The maximum Gasteiger partial charge on any atom is 0.253 e. The van der Waals surface area contributed by atoms with E-state index in [1.165, 1.54) is 0 Å². The molecule has 1 aliphatic heterocycles. The van der Waals surface area contributed by atoms with Gasteiger partial charge in [-0.3, -0.25) is 4.79 Å². The lowest BCUT2D eigenvalue weighted by atomic mass is 9.71. The Labute approximate surface area is 141 Å². The number of fused-ring (bicyclic) bond motifs is 1. The molecule has 128 valence electrons. The highest BCUT2D eigenvalue weighted by Gasteiger charge is 2.39. The van der Waals surface area contributed by atoms with Gasteiger partial charge in [0.25, 0.3) is 5.91 Å². The van der Waals surface area contributed by atoms with Crippen LogP contribution in [0, 0.1) is 11.8 Å². The average Bonchev–Trinajstić information content (AvgIpc) is 3.05. The second kappa shape index (κ2) is 6.53. The van der Waals surface area contributed by atoms with Gasteiger partial charge >= 0.3 is 0 Å². The van der Waals surface area contributed by atoms with Crippen molar-refractivity contribution in [3.63, 3.8) is 0 Å². The maximum absolute atomic E-state index is 12.8. The first-order valence-corrected chi connectivity index (χ1v) is 8.83. The van der Waals surface area contributed by atoms with E-state index in [2.05, 4.69) is 15.6 Å². The predicted octanol–water partition coefficient (Wildman–Crippen LogP) is 1.20. The summed E-state index contributed by atoms with van der Waals surface area (Å²) in [5.41, 5.74) is 1.49. The fraction of sp³-hybridized carbons (Fsp3) is 0.556. The quantitative estimate of drug-likeness (QED) is 0.788. The van der Waals surface area contributed by atoms with E-state index in [1.54, 1.807) is 6.20 Å². The summed E-state index contributed by atoms with van der Waals surface area (Å²) in [6.45, 7) is 2.01. The summed E-state index contributed by atoms with van der Waals surface area (Å²) >= 11 is 0. The number of piperidine rings is 1. The van der Waals surface area contributed by atoms with E-state index in [0.29, 0.717) is 17.4 Å². The Morgan fingerprint density at radius 2 is 2.08 bits per heavy atom. The molecule has 1 atom stereocenters. The molecule has 0 bridgehead atoms. The average molecular weight is 328 g/mol. The van der Waals surface area contributed by atoms with Gasteiger partial charge in [-0.05, 0) is 62.7 Å². The molecule has 3 N–H and O–H groups in total. The minimum absolute atomic E-state index is 0.0319. The number of carbonyl (C=O) groups excluding carboxylic acids is 1. The number of rotatable bonds is 4. The molecule has 0 aromatic carbocycles. The van der Waals surface area contributed by atoms with Crippen LogP contribution in [-0.4, -0.2) is 45.6 Å². The number of pyridine rings is 1. The minimum Gasteiger partial charge on any atom is -0.393 e. The highest BCUT2D eigenvalue weighted by Crippen LogP contribution is 2.35. The number of nitrogens with zero attached hydrogens (tertiary/aromatic N) is 2. The first-order valence-electron chi connectivity index (χ1n) is 8.83. The van der Waals surface area contributed by atoms with Crippen LogP contribution in [0.4, 0.5) is 0 Å².